The number of ether oxygens (including phenoxy) is 1. The van der Waals surface area contributed by atoms with Crippen molar-refractivity contribution in [2.45, 2.75) is 38.5 Å². The van der Waals surface area contributed by atoms with Crippen LogP contribution in [0.5, 0.6) is 0 Å². The molecule has 0 aromatic carbocycles. The van der Waals surface area contributed by atoms with Crippen LogP contribution in [-0.2, 0) is 14.8 Å². The van der Waals surface area contributed by atoms with Crippen LogP contribution >= 0.6 is 11.3 Å². The van der Waals surface area contributed by atoms with Gasteiger partial charge in [-0.3, -0.25) is 0 Å². The van der Waals surface area contributed by atoms with Gasteiger partial charge in [-0.2, -0.15) is 0 Å². The molecule has 1 aromatic rings. The van der Waals surface area contributed by atoms with Crippen LogP contribution in [-0.4, -0.2) is 28.0 Å². The van der Waals surface area contributed by atoms with Gasteiger partial charge in [0.15, 0.2) is 0 Å². The fourth-order valence-corrected chi connectivity index (χ4v) is 4.14. The first-order chi connectivity index (χ1) is 10.8. The summed E-state index contributed by atoms with van der Waals surface area (Å²) in [4.78, 5) is 11.6. The van der Waals surface area contributed by atoms with Gasteiger partial charge in [0.05, 0.1) is 7.11 Å². The van der Waals surface area contributed by atoms with Crippen molar-refractivity contribution in [1.82, 2.24) is 4.72 Å². The van der Waals surface area contributed by atoms with Gasteiger partial charge in [-0.25, -0.2) is 17.9 Å². The summed E-state index contributed by atoms with van der Waals surface area (Å²) in [5.74, 6) is -0.645. The van der Waals surface area contributed by atoms with E-state index in [1.807, 2.05) is 26.8 Å². The van der Waals surface area contributed by atoms with Crippen LogP contribution in [0.25, 0.3) is 0 Å². The number of allylic oxidation sites excluding steroid dienone is 3. The first-order valence-electron chi connectivity index (χ1n) is 7.22. The van der Waals surface area contributed by atoms with Crippen molar-refractivity contribution in [3.8, 4) is 0 Å². The van der Waals surface area contributed by atoms with Gasteiger partial charge in [-0.05, 0) is 45.1 Å². The Labute approximate surface area is 142 Å². The van der Waals surface area contributed by atoms with Crippen molar-refractivity contribution in [2.75, 3.05) is 13.7 Å². The predicted octanol–water partition coefficient (Wildman–Crippen LogP) is 3.51. The summed E-state index contributed by atoms with van der Waals surface area (Å²) in [5.41, 5.74) is 2.38. The van der Waals surface area contributed by atoms with E-state index in [-0.39, 0.29) is 16.3 Å². The number of thiophene rings is 1. The fraction of sp³-hybridized carbons (Fsp3) is 0.438. The maximum atomic E-state index is 12.3. The molecule has 0 radical (unpaired) electrons. The lowest BCUT2D eigenvalue weighted by atomic mass is 10.1. The molecule has 23 heavy (non-hydrogen) atoms. The Balaban J connectivity index is 2.68. The minimum Gasteiger partial charge on any atom is -0.465 e. The van der Waals surface area contributed by atoms with E-state index in [2.05, 4.69) is 15.5 Å². The molecule has 0 atom stereocenters. The molecule has 0 saturated carbocycles. The Morgan fingerprint density at radius 2 is 2.00 bits per heavy atom. The van der Waals surface area contributed by atoms with E-state index in [9.17, 15) is 13.2 Å². The van der Waals surface area contributed by atoms with Crippen LogP contribution in [0, 0.1) is 0 Å². The zero-order chi connectivity index (χ0) is 17.5. The second-order valence-electron chi connectivity index (χ2n) is 5.33. The molecule has 0 amide bonds. The summed E-state index contributed by atoms with van der Waals surface area (Å²) in [5, 5.41) is 1.56. The number of sulfonamides is 1. The molecular formula is C16H23NO4S2. The Kier molecular flexibility index (Phi) is 7.67. The van der Waals surface area contributed by atoms with Gasteiger partial charge in [0.2, 0.25) is 10.0 Å². The molecule has 0 aliphatic heterocycles. The van der Waals surface area contributed by atoms with Crippen LogP contribution in [0.4, 0.5) is 0 Å². The van der Waals surface area contributed by atoms with Crippen molar-refractivity contribution >= 4 is 27.3 Å². The first-order valence-corrected chi connectivity index (χ1v) is 9.58. The molecule has 7 heteroatoms. The summed E-state index contributed by atoms with van der Waals surface area (Å²) in [7, 11) is -2.50. The lowest BCUT2D eigenvalue weighted by Gasteiger charge is -2.06. The predicted molar refractivity (Wildman–Crippen MR) is 93.3 cm³/mol. The molecule has 0 unspecified atom stereocenters. The highest BCUT2D eigenvalue weighted by molar-refractivity contribution is 7.89. The molecule has 1 rings (SSSR count). The van der Waals surface area contributed by atoms with E-state index in [1.165, 1.54) is 18.7 Å². The molecule has 1 heterocycles. The van der Waals surface area contributed by atoms with Crippen LogP contribution in [0.1, 0.15) is 43.3 Å². The molecule has 1 aromatic heterocycles. The van der Waals surface area contributed by atoms with Gasteiger partial charge < -0.3 is 4.74 Å². The summed E-state index contributed by atoms with van der Waals surface area (Å²) in [6.07, 6.45) is 5.82. The summed E-state index contributed by atoms with van der Waals surface area (Å²) >= 11 is 1.05. The van der Waals surface area contributed by atoms with Crippen molar-refractivity contribution in [1.29, 1.82) is 0 Å². The highest BCUT2D eigenvalue weighted by Gasteiger charge is 2.23. The van der Waals surface area contributed by atoms with Crippen LogP contribution in [0.2, 0.25) is 0 Å². The smallest absolute Gasteiger partial charge is 0.349 e. The number of esters is 1. The largest absolute Gasteiger partial charge is 0.465 e. The Morgan fingerprint density at radius 3 is 2.61 bits per heavy atom. The van der Waals surface area contributed by atoms with Gasteiger partial charge in [-0.1, -0.05) is 23.3 Å². The molecule has 0 saturated heterocycles. The number of hydrogen-bond donors (Lipinski definition) is 1. The monoisotopic (exact) mass is 357 g/mol. The molecule has 1 N–H and O–H groups in total. The van der Waals surface area contributed by atoms with Crippen molar-refractivity contribution < 1.29 is 17.9 Å². The third kappa shape index (κ3) is 6.29. The van der Waals surface area contributed by atoms with Crippen molar-refractivity contribution in [3.05, 3.63) is 39.6 Å². The Hall–Kier alpha value is -1.44. The second-order valence-corrected chi connectivity index (χ2v) is 7.98. The number of rotatable bonds is 8. The maximum absolute atomic E-state index is 12.3. The highest BCUT2D eigenvalue weighted by atomic mass is 32.2. The van der Waals surface area contributed by atoms with E-state index in [1.54, 1.807) is 5.38 Å². The minimum absolute atomic E-state index is 0.0371. The maximum Gasteiger partial charge on any atom is 0.349 e. The van der Waals surface area contributed by atoms with Crippen molar-refractivity contribution in [2.24, 2.45) is 0 Å². The molecule has 5 nitrogen and oxygen atoms in total. The average Bonchev–Trinajstić information content (AvgIpc) is 2.96. The number of methoxy groups -OCH3 is 1. The summed E-state index contributed by atoms with van der Waals surface area (Å²) < 4.78 is 31.6. The quantitative estimate of drug-likeness (QED) is 0.571. The number of carbonyl (C=O) groups is 1. The standard InChI is InChI=1S/C16H23NO4S2/c1-12(2)6-5-7-13(3)8-10-17-23(19,20)14-9-11-22-15(14)16(18)21-4/h6,8-9,11,17H,5,7,10H2,1-4H3/b13-8+. The third-order valence-electron chi connectivity index (χ3n) is 3.10. The van der Waals surface area contributed by atoms with E-state index in [0.717, 1.165) is 29.8 Å². The van der Waals surface area contributed by atoms with E-state index in [0.29, 0.717) is 0 Å². The van der Waals surface area contributed by atoms with Gasteiger partial charge in [0, 0.05) is 6.54 Å². The highest BCUT2D eigenvalue weighted by Crippen LogP contribution is 2.22. The van der Waals surface area contributed by atoms with E-state index in [4.69, 9.17) is 0 Å². The lowest BCUT2D eigenvalue weighted by molar-refractivity contribution is 0.0602. The van der Waals surface area contributed by atoms with Gasteiger partial charge in [-0.15, -0.1) is 11.3 Å². The first kappa shape index (κ1) is 19.6. The average molecular weight is 357 g/mol. The third-order valence-corrected chi connectivity index (χ3v) is 5.59. The SMILES string of the molecule is COC(=O)c1sccc1S(=O)(=O)NC/C=C(\C)CCC=C(C)C. The van der Waals surface area contributed by atoms with Crippen LogP contribution < -0.4 is 4.72 Å². The molecular weight excluding hydrogens is 334 g/mol. The number of nitrogens with one attached hydrogen (secondary N) is 1. The topological polar surface area (TPSA) is 72.5 Å². The molecule has 0 spiro atoms. The normalized spacial score (nSPS) is 12.1. The zero-order valence-corrected chi connectivity index (χ0v) is 15.5. The Morgan fingerprint density at radius 1 is 1.30 bits per heavy atom. The summed E-state index contributed by atoms with van der Waals surface area (Å²) in [6, 6.07) is 1.41. The number of hydrogen-bond acceptors (Lipinski definition) is 5. The number of carbonyl (C=O) groups excluding carboxylic acids is 1. The summed E-state index contributed by atoms with van der Waals surface area (Å²) in [6.45, 7) is 6.26. The second kappa shape index (κ2) is 9.00. The molecule has 128 valence electrons. The van der Waals surface area contributed by atoms with Gasteiger partial charge in [0.1, 0.15) is 9.77 Å². The Bertz CT molecular complexity index is 695. The van der Waals surface area contributed by atoms with E-state index >= 15 is 0 Å². The fourth-order valence-electron chi connectivity index (χ4n) is 1.84. The molecule has 0 aliphatic rings. The molecule has 0 aliphatic carbocycles. The zero-order valence-electron chi connectivity index (χ0n) is 13.9. The van der Waals surface area contributed by atoms with Gasteiger partial charge in [0.25, 0.3) is 0 Å². The van der Waals surface area contributed by atoms with Gasteiger partial charge >= 0.3 is 5.97 Å². The molecule has 0 bridgehead atoms. The minimum atomic E-state index is -3.73. The van der Waals surface area contributed by atoms with Crippen LogP contribution in [0.3, 0.4) is 0 Å². The van der Waals surface area contributed by atoms with Crippen LogP contribution in [0.15, 0.2) is 39.6 Å². The molecule has 0 fully saturated rings. The van der Waals surface area contributed by atoms with Crippen molar-refractivity contribution in [3.63, 3.8) is 0 Å². The van der Waals surface area contributed by atoms with E-state index < -0.39 is 16.0 Å². The lowest BCUT2D eigenvalue weighted by Crippen LogP contribution is -2.25.